The fraction of sp³-hybridized carbons (Fsp3) is 0.227. The molecule has 134 valence electrons. The lowest BCUT2D eigenvalue weighted by Crippen LogP contribution is -2.20. The molecule has 3 aromatic carbocycles. The van der Waals surface area contributed by atoms with Gasteiger partial charge in [0.1, 0.15) is 5.75 Å². The molecule has 0 spiro atoms. The van der Waals surface area contributed by atoms with Crippen LogP contribution in [0.5, 0.6) is 5.75 Å². The van der Waals surface area contributed by atoms with Crippen molar-refractivity contribution in [2.75, 3.05) is 11.9 Å². The highest BCUT2D eigenvalue weighted by Crippen LogP contribution is 2.30. The van der Waals surface area contributed by atoms with E-state index in [1.54, 1.807) is 0 Å². The molecule has 1 N–H and O–H groups in total. The van der Waals surface area contributed by atoms with Crippen molar-refractivity contribution in [2.24, 2.45) is 0 Å². The van der Waals surface area contributed by atoms with E-state index < -0.39 is 0 Å². The van der Waals surface area contributed by atoms with Crippen LogP contribution in [-0.4, -0.2) is 12.5 Å². The summed E-state index contributed by atoms with van der Waals surface area (Å²) < 4.78 is 6.54. The number of amides is 1. The Labute approximate surface area is 162 Å². The summed E-state index contributed by atoms with van der Waals surface area (Å²) in [5.74, 6) is 0.987. The Bertz CT molecular complexity index is 923. The molecule has 1 unspecified atom stereocenters. The number of hydrogen-bond acceptors (Lipinski definition) is 2. The molecule has 4 heteroatoms. The van der Waals surface area contributed by atoms with E-state index in [4.69, 9.17) is 4.74 Å². The summed E-state index contributed by atoms with van der Waals surface area (Å²) in [6.07, 6.45) is 1.08. The van der Waals surface area contributed by atoms with Crippen LogP contribution in [0, 0.1) is 0 Å². The van der Waals surface area contributed by atoms with Crippen molar-refractivity contribution in [2.45, 2.75) is 26.2 Å². The van der Waals surface area contributed by atoms with Gasteiger partial charge in [-0.05, 0) is 68.9 Å². The van der Waals surface area contributed by atoms with Crippen molar-refractivity contribution < 1.29 is 9.53 Å². The molecule has 3 aromatic rings. The van der Waals surface area contributed by atoms with Gasteiger partial charge in [-0.3, -0.25) is 4.79 Å². The number of nitrogens with one attached hydrogen (secondary N) is 1. The summed E-state index contributed by atoms with van der Waals surface area (Å²) >= 11 is 3.53. The summed E-state index contributed by atoms with van der Waals surface area (Å²) in [4.78, 5) is 12.2. The predicted molar refractivity (Wildman–Crippen MR) is 111 cm³/mol. The molecule has 1 atom stereocenters. The highest BCUT2D eigenvalue weighted by molar-refractivity contribution is 9.10. The number of ether oxygens (including phenoxy) is 1. The summed E-state index contributed by atoms with van der Waals surface area (Å²) in [6.45, 7) is 4.33. The Morgan fingerprint density at radius 3 is 2.58 bits per heavy atom. The van der Waals surface area contributed by atoms with E-state index in [1.165, 1.54) is 5.56 Å². The van der Waals surface area contributed by atoms with Crippen LogP contribution >= 0.6 is 15.9 Å². The third-order valence-corrected chi connectivity index (χ3v) is 5.15. The average molecular weight is 412 g/mol. The zero-order valence-electron chi connectivity index (χ0n) is 15.0. The van der Waals surface area contributed by atoms with Crippen LogP contribution < -0.4 is 10.1 Å². The maximum atomic E-state index is 12.2. The number of hydrogen-bond donors (Lipinski definition) is 1. The minimum Gasteiger partial charge on any atom is -0.483 e. The van der Waals surface area contributed by atoms with E-state index in [0.29, 0.717) is 11.7 Å². The largest absolute Gasteiger partial charge is 0.483 e. The Morgan fingerprint density at radius 1 is 1.08 bits per heavy atom. The quantitative estimate of drug-likeness (QED) is 0.529. The van der Waals surface area contributed by atoms with Gasteiger partial charge in [0.05, 0.1) is 4.47 Å². The van der Waals surface area contributed by atoms with Gasteiger partial charge in [0, 0.05) is 5.69 Å². The first kappa shape index (κ1) is 18.5. The Hall–Kier alpha value is -2.33. The first-order valence-corrected chi connectivity index (χ1v) is 9.57. The lowest BCUT2D eigenvalue weighted by atomic mass is 9.99. The second-order valence-electron chi connectivity index (χ2n) is 6.40. The number of benzene rings is 3. The third kappa shape index (κ3) is 4.44. The molecule has 0 aliphatic heterocycles. The predicted octanol–water partition coefficient (Wildman–Crippen LogP) is 6.13. The Kier molecular flexibility index (Phi) is 5.94. The minimum atomic E-state index is -0.182. The Morgan fingerprint density at radius 2 is 1.85 bits per heavy atom. The highest BCUT2D eigenvalue weighted by Gasteiger charge is 2.09. The second-order valence-corrected chi connectivity index (χ2v) is 7.25. The van der Waals surface area contributed by atoms with E-state index in [9.17, 15) is 4.79 Å². The lowest BCUT2D eigenvalue weighted by Gasteiger charge is -2.13. The van der Waals surface area contributed by atoms with Gasteiger partial charge < -0.3 is 10.1 Å². The van der Waals surface area contributed by atoms with E-state index >= 15 is 0 Å². The topological polar surface area (TPSA) is 38.3 Å². The first-order valence-electron chi connectivity index (χ1n) is 8.77. The first-order chi connectivity index (χ1) is 12.6. The smallest absolute Gasteiger partial charge is 0.262 e. The molecule has 0 saturated carbocycles. The summed E-state index contributed by atoms with van der Waals surface area (Å²) in [6, 6.07) is 19.9. The fourth-order valence-corrected chi connectivity index (χ4v) is 3.29. The van der Waals surface area contributed by atoms with Gasteiger partial charge in [-0.25, -0.2) is 0 Å². The van der Waals surface area contributed by atoms with E-state index in [1.807, 2.05) is 48.5 Å². The van der Waals surface area contributed by atoms with E-state index in [2.05, 4.69) is 47.2 Å². The molecule has 0 bridgehead atoms. The molecule has 0 aliphatic carbocycles. The number of fused-ring (bicyclic) bond motifs is 1. The van der Waals surface area contributed by atoms with Crippen LogP contribution in [0.2, 0.25) is 0 Å². The molecule has 0 saturated heterocycles. The second kappa shape index (κ2) is 8.37. The van der Waals surface area contributed by atoms with Gasteiger partial charge in [0.15, 0.2) is 6.61 Å². The maximum absolute atomic E-state index is 12.2. The van der Waals surface area contributed by atoms with Crippen molar-refractivity contribution in [3.63, 3.8) is 0 Å². The lowest BCUT2D eigenvalue weighted by molar-refractivity contribution is -0.118. The molecular weight excluding hydrogens is 390 g/mol. The third-order valence-electron chi connectivity index (χ3n) is 4.53. The van der Waals surface area contributed by atoms with Gasteiger partial charge in [-0.2, -0.15) is 0 Å². The van der Waals surface area contributed by atoms with Crippen molar-refractivity contribution in [3.8, 4) is 5.75 Å². The van der Waals surface area contributed by atoms with Crippen molar-refractivity contribution in [3.05, 3.63) is 70.7 Å². The molecule has 26 heavy (non-hydrogen) atoms. The highest BCUT2D eigenvalue weighted by atomic mass is 79.9. The van der Waals surface area contributed by atoms with Crippen LogP contribution in [-0.2, 0) is 4.79 Å². The van der Waals surface area contributed by atoms with Crippen molar-refractivity contribution >= 4 is 38.3 Å². The molecule has 3 nitrogen and oxygen atoms in total. The Balaban J connectivity index is 1.61. The molecule has 1 amide bonds. The zero-order valence-corrected chi connectivity index (χ0v) is 16.5. The number of carbonyl (C=O) groups excluding carboxylic acids is 1. The van der Waals surface area contributed by atoms with Gasteiger partial charge in [0.2, 0.25) is 0 Å². The molecule has 0 fully saturated rings. The summed E-state index contributed by atoms with van der Waals surface area (Å²) in [5, 5.41) is 5.12. The molecule has 3 rings (SSSR count). The van der Waals surface area contributed by atoms with Crippen LogP contribution in [0.15, 0.2) is 65.1 Å². The van der Waals surface area contributed by atoms with Gasteiger partial charge in [-0.15, -0.1) is 0 Å². The molecule has 0 radical (unpaired) electrons. The number of carbonyl (C=O) groups is 1. The zero-order chi connectivity index (χ0) is 18.5. The SMILES string of the molecule is CCC(C)c1ccc(OCC(=O)Nc2ccc3ccccc3c2)c(Br)c1. The van der Waals surface area contributed by atoms with Crippen LogP contribution in [0.1, 0.15) is 31.7 Å². The van der Waals surface area contributed by atoms with E-state index in [-0.39, 0.29) is 12.5 Å². The number of anilines is 1. The van der Waals surface area contributed by atoms with Crippen molar-refractivity contribution in [1.82, 2.24) is 0 Å². The van der Waals surface area contributed by atoms with Gasteiger partial charge in [-0.1, -0.05) is 50.2 Å². The number of rotatable bonds is 6. The normalized spacial score (nSPS) is 12.0. The minimum absolute atomic E-state index is 0.0336. The maximum Gasteiger partial charge on any atom is 0.262 e. The van der Waals surface area contributed by atoms with E-state index in [0.717, 1.165) is 27.4 Å². The molecule has 0 heterocycles. The monoisotopic (exact) mass is 411 g/mol. The van der Waals surface area contributed by atoms with Crippen LogP contribution in [0.4, 0.5) is 5.69 Å². The number of halogens is 1. The molecular formula is C22H22BrNO2. The van der Waals surface area contributed by atoms with Gasteiger partial charge in [0.25, 0.3) is 5.91 Å². The van der Waals surface area contributed by atoms with Gasteiger partial charge >= 0.3 is 0 Å². The van der Waals surface area contributed by atoms with Crippen LogP contribution in [0.25, 0.3) is 10.8 Å². The summed E-state index contributed by atoms with van der Waals surface area (Å²) in [5.41, 5.74) is 2.02. The standard InChI is InChI=1S/C22H22BrNO2/c1-3-15(2)17-9-11-21(20(23)13-17)26-14-22(25)24-19-10-8-16-6-4-5-7-18(16)12-19/h4-13,15H,3,14H2,1-2H3,(H,24,25). The van der Waals surface area contributed by atoms with Crippen LogP contribution in [0.3, 0.4) is 0 Å². The molecule has 0 aromatic heterocycles. The molecule has 0 aliphatic rings. The van der Waals surface area contributed by atoms with Crippen molar-refractivity contribution in [1.29, 1.82) is 0 Å². The average Bonchev–Trinajstić information content (AvgIpc) is 2.66. The fourth-order valence-electron chi connectivity index (χ4n) is 2.78. The summed E-state index contributed by atoms with van der Waals surface area (Å²) in [7, 11) is 0.